The van der Waals surface area contributed by atoms with Crippen molar-refractivity contribution in [3.63, 3.8) is 0 Å². The number of hydrogen-bond acceptors (Lipinski definition) is 3. The molecule has 4 heteroatoms. The summed E-state index contributed by atoms with van der Waals surface area (Å²) in [5, 5.41) is 9.85. The highest BCUT2D eigenvalue weighted by Crippen LogP contribution is 2.35. The van der Waals surface area contributed by atoms with E-state index in [4.69, 9.17) is 4.74 Å². The average Bonchev–Trinajstić information content (AvgIpc) is 2.88. The number of amides is 1. The molecule has 0 saturated carbocycles. The van der Waals surface area contributed by atoms with Crippen LogP contribution in [-0.2, 0) is 5.41 Å². The van der Waals surface area contributed by atoms with Crippen LogP contribution in [0.4, 0.5) is 0 Å². The van der Waals surface area contributed by atoms with Gasteiger partial charge in [-0.15, -0.1) is 0 Å². The van der Waals surface area contributed by atoms with Gasteiger partial charge in [0.05, 0.1) is 18.6 Å². The normalized spacial score (nSPS) is 14.6. The van der Waals surface area contributed by atoms with Crippen molar-refractivity contribution in [3.8, 4) is 23.7 Å². The van der Waals surface area contributed by atoms with Crippen LogP contribution in [0.15, 0.2) is 78.9 Å². The van der Waals surface area contributed by atoms with Gasteiger partial charge in [0.1, 0.15) is 5.75 Å². The number of benzene rings is 3. The molecule has 0 aliphatic carbocycles. The highest BCUT2D eigenvalue weighted by atomic mass is 16.5. The van der Waals surface area contributed by atoms with Crippen molar-refractivity contribution in [2.24, 2.45) is 0 Å². The van der Waals surface area contributed by atoms with Gasteiger partial charge in [-0.1, -0.05) is 42.2 Å². The minimum absolute atomic E-state index is 0.000680. The number of hydrogen-bond donors (Lipinski definition) is 0. The minimum Gasteiger partial charge on any atom is -0.497 e. The van der Waals surface area contributed by atoms with E-state index >= 15 is 0 Å². The molecule has 0 unspecified atom stereocenters. The summed E-state index contributed by atoms with van der Waals surface area (Å²) in [4.78, 5) is 14.8. The van der Waals surface area contributed by atoms with Crippen LogP contribution in [0.25, 0.3) is 0 Å². The molecule has 1 amide bonds. The highest BCUT2D eigenvalue weighted by molar-refractivity contribution is 5.94. The maximum absolute atomic E-state index is 13.0. The van der Waals surface area contributed by atoms with E-state index in [2.05, 4.69) is 17.9 Å². The molecular weight excluding hydrogens is 396 g/mol. The quantitative estimate of drug-likeness (QED) is 0.573. The summed E-state index contributed by atoms with van der Waals surface area (Å²) in [5.41, 5.74) is 2.92. The van der Waals surface area contributed by atoms with E-state index in [1.807, 2.05) is 83.8 Å². The van der Waals surface area contributed by atoms with Gasteiger partial charge in [-0.25, -0.2) is 0 Å². The zero-order valence-corrected chi connectivity index (χ0v) is 18.0. The van der Waals surface area contributed by atoms with E-state index in [1.165, 1.54) is 0 Å². The molecule has 0 N–H and O–H groups in total. The summed E-state index contributed by atoms with van der Waals surface area (Å²) >= 11 is 0. The van der Waals surface area contributed by atoms with E-state index in [1.54, 1.807) is 7.11 Å². The molecule has 0 aromatic heterocycles. The molecule has 1 aliphatic rings. The topological polar surface area (TPSA) is 53.3 Å². The molecule has 0 bridgehead atoms. The largest absolute Gasteiger partial charge is 0.497 e. The van der Waals surface area contributed by atoms with Gasteiger partial charge in [0.25, 0.3) is 5.91 Å². The maximum atomic E-state index is 13.0. The Bertz CT molecular complexity index is 1170. The third-order valence-corrected chi connectivity index (χ3v) is 6.02. The van der Waals surface area contributed by atoms with Crippen LogP contribution in [0.5, 0.6) is 5.75 Å². The predicted molar refractivity (Wildman–Crippen MR) is 124 cm³/mol. The lowest BCUT2D eigenvalue weighted by atomic mass is 9.74. The van der Waals surface area contributed by atoms with Gasteiger partial charge in [-0.2, -0.15) is 5.26 Å². The van der Waals surface area contributed by atoms with Crippen molar-refractivity contribution >= 4 is 5.91 Å². The second-order valence-electron chi connectivity index (χ2n) is 7.91. The Labute approximate surface area is 189 Å². The fourth-order valence-corrected chi connectivity index (χ4v) is 4.01. The summed E-state index contributed by atoms with van der Waals surface area (Å²) < 4.78 is 5.16. The third kappa shape index (κ3) is 4.51. The highest BCUT2D eigenvalue weighted by Gasteiger charge is 2.37. The van der Waals surface area contributed by atoms with Gasteiger partial charge >= 0.3 is 0 Å². The number of rotatable bonds is 3. The second kappa shape index (κ2) is 9.41. The van der Waals surface area contributed by atoms with Crippen LogP contribution in [0, 0.1) is 23.2 Å². The lowest BCUT2D eigenvalue weighted by molar-refractivity contribution is 0.0692. The molecule has 1 fully saturated rings. The lowest BCUT2D eigenvalue weighted by Crippen LogP contribution is -2.44. The molecule has 0 spiro atoms. The number of likely N-dealkylation sites (tertiary alicyclic amines) is 1. The first-order valence-corrected chi connectivity index (χ1v) is 10.7. The standard InChI is InChI=1S/C28H24N2O2/c1-32-26-15-11-23(12-16-26)8-7-22-9-13-24(14-10-22)27(31)30-19-17-28(21-29,18-20-30)25-5-3-2-4-6-25/h2-6,9-16H,17-20H2,1H3. The van der Waals surface area contributed by atoms with Crippen LogP contribution < -0.4 is 4.74 Å². The Morgan fingerprint density at radius 1 is 0.875 bits per heavy atom. The SMILES string of the molecule is COc1ccc(C#Cc2ccc(C(=O)N3CCC(C#N)(c4ccccc4)CC3)cc2)cc1. The fraction of sp³-hybridized carbons (Fsp3) is 0.214. The molecule has 0 atom stereocenters. The molecule has 4 nitrogen and oxygen atoms in total. The van der Waals surface area contributed by atoms with E-state index in [-0.39, 0.29) is 5.91 Å². The van der Waals surface area contributed by atoms with Crippen LogP contribution in [0.1, 0.15) is 39.9 Å². The first-order chi connectivity index (χ1) is 15.6. The number of ether oxygens (including phenoxy) is 1. The summed E-state index contributed by atoms with van der Waals surface area (Å²) in [6, 6.07) is 27.4. The van der Waals surface area contributed by atoms with Crippen molar-refractivity contribution in [2.45, 2.75) is 18.3 Å². The van der Waals surface area contributed by atoms with Gasteiger partial charge in [0.2, 0.25) is 0 Å². The molecule has 1 aliphatic heterocycles. The van der Waals surface area contributed by atoms with Crippen molar-refractivity contribution in [1.29, 1.82) is 5.26 Å². The molecular formula is C28H24N2O2. The Balaban J connectivity index is 1.40. The Morgan fingerprint density at radius 3 is 1.97 bits per heavy atom. The van der Waals surface area contributed by atoms with Gasteiger partial charge in [-0.05, 0) is 66.9 Å². The average molecular weight is 421 g/mol. The summed E-state index contributed by atoms with van der Waals surface area (Å²) in [7, 11) is 1.64. The van der Waals surface area contributed by atoms with Crippen molar-refractivity contribution in [2.75, 3.05) is 20.2 Å². The summed E-state index contributed by atoms with van der Waals surface area (Å²) in [6.07, 6.45) is 1.29. The monoisotopic (exact) mass is 420 g/mol. The molecule has 1 saturated heterocycles. The van der Waals surface area contributed by atoms with E-state index in [0.29, 0.717) is 31.5 Å². The van der Waals surface area contributed by atoms with Crippen LogP contribution in [0.3, 0.4) is 0 Å². The first-order valence-electron chi connectivity index (χ1n) is 10.7. The third-order valence-electron chi connectivity index (χ3n) is 6.02. The number of carbonyl (C=O) groups excluding carboxylic acids is 1. The second-order valence-corrected chi connectivity index (χ2v) is 7.91. The number of nitrogens with zero attached hydrogens (tertiary/aromatic N) is 2. The van der Waals surface area contributed by atoms with Crippen molar-refractivity contribution in [3.05, 3.63) is 101 Å². The van der Waals surface area contributed by atoms with Gasteiger partial charge in [-0.3, -0.25) is 4.79 Å². The molecule has 1 heterocycles. The van der Waals surface area contributed by atoms with Gasteiger partial charge in [0, 0.05) is 29.8 Å². The fourth-order valence-electron chi connectivity index (χ4n) is 4.01. The van der Waals surface area contributed by atoms with Crippen molar-refractivity contribution in [1.82, 2.24) is 4.90 Å². The number of carbonyl (C=O) groups is 1. The maximum Gasteiger partial charge on any atom is 0.253 e. The minimum atomic E-state index is -0.515. The van der Waals surface area contributed by atoms with Crippen molar-refractivity contribution < 1.29 is 9.53 Å². The number of methoxy groups -OCH3 is 1. The molecule has 0 radical (unpaired) electrons. The Hall–Kier alpha value is -4.02. The molecule has 158 valence electrons. The predicted octanol–water partition coefficient (Wildman–Crippen LogP) is 4.79. The zero-order chi connectivity index (χ0) is 22.4. The summed E-state index contributed by atoms with van der Waals surface area (Å²) in [5.74, 6) is 7.05. The van der Waals surface area contributed by atoms with Crippen LogP contribution >= 0.6 is 0 Å². The van der Waals surface area contributed by atoms with Crippen LogP contribution in [-0.4, -0.2) is 31.0 Å². The number of nitriles is 1. The van der Waals surface area contributed by atoms with Gasteiger partial charge < -0.3 is 9.64 Å². The van der Waals surface area contributed by atoms with E-state index < -0.39 is 5.41 Å². The Morgan fingerprint density at radius 2 is 1.44 bits per heavy atom. The van der Waals surface area contributed by atoms with Gasteiger partial charge in [0.15, 0.2) is 0 Å². The van der Waals surface area contributed by atoms with E-state index in [9.17, 15) is 10.1 Å². The molecule has 3 aromatic rings. The molecule has 4 rings (SSSR count). The summed E-state index contributed by atoms with van der Waals surface area (Å²) in [6.45, 7) is 1.14. The number of piperidine rings is 1. The smallest absolute Gasteiger partial charge is 0.253 e. The van der Waals surface area contributed by atoms with E-state index in [0.717, 1.165) is 22.4 Å². The molecule has 3 aromatic carbocycles. The van der Waals surface area contributed by atoms with Crippen LogP contribution in [0.2, 0.25) is 0 Å². The zero-order valence-electron chi connectivity index (χ0n) is 18.0. The molecule has 32 heavy (non-hydrogen) atoms. The Kier molecular flexibility index (Phi) is 6.24. The first kappa shape index (κ1) is 21.2. The lowest BCUT2D eigenvalue weighted by Gasteiger charge is -2.37.